The standard InChI is InChI=1S/C18H15FN2OS/c19-14-5-1-4-13(12-14)18(22)21-10-9-20-8-2-6-15(20)17(21)16-7-3-11-23-16/h1-8,11-12,17H,9-10H2. The fraction of sp³-hybridized carbons (Fsp3) is 0.167. The van der Waals surface area contributed by atoms with E-state index in [1.165, 1.54) is 12.1 Å². The van der Waals surface area contributed by atoms with Crippen LogP contribution >= 0.6 is 11.3 Å². The molecule has 5 heteroatoms. The average Bonchev–Trinajstić information content (AvgIpc) is 3.24. The zero-order chi connectivity index (χ0) is 15.8. The van der Waals surface area contributed by atoms with Gasteiger partial charge in [-0.3, -0.25) is 4.79 Å². The molecule has 3 aromatic rings. The summed E-state index contributed by atoms with van der Waals surface area (Å²) in [5.41, 5.74) is 1.50. The van der Waals surface area contributed by atoms with Gasteiger partial charge in [-0.25, -0.2) is 4.39 Å². The molecule has 23 heavy (non-hydrogen) atoms. The number of carbonyl (C=O) groups excluding carboxylic acids is 1. The first-order chi connectivity index (χ1) is 11.2. The summed E-state index contributed by atoms with van der Waals surface area (Å²) in [7, 11) is 0. The number of hydrogen-bond donors (Lipinski definition) is 0. The highest BCUT2D eigenvalue weighted by molar-refractivity contribution is 7.10. The molecular weight excluding hydrogens is 311 g/mol. The summed E-state index contributed by atoms with van der Waals surface area (Å²) >= 11 is 1.63. The molecule has 0 N–H and O–H groups in total. The predicted octanol–water partition coefficient (Wildman–Crippen LogP) is 3.93. The lowest BCUT2D eigenvalue weighted by atomic mass is 10.1. The van der Waals surface area contributed by atoms with Crippen molar-refractivity contribution in [1.82, 2.24) is 9.47 Å². The van der Waals surface area contributed by atoms with Gasteiger partial charge in [-0.1, -0.05) is 12.1 Å². The van der Waals surface area contributed by atoms with E-state index < -0.39 is 0 Å². The molecule has 0 bridgehead atoms. The first-order valence-corrected chi connectivity index (χ1v) is 8.37. The summed E-state index contributed by atoms with van der Waals surface area (Å²) in [6, 6.07) is 13.9. The Kier molecular flexibility index (Phi) is 3.50. The number of nitrogens with zero attached hydrogens (tertiary/aromatic N) is 2. The van der Waals surface area contributed by atoms with Crippen molar-refractivity contribution in [3.05, 3.63) is 82.1 Å². The normalized spacial score (nSPS) is 17.1. The van der Waals surface area contributed by atoms with Crippen LogP contribution in [0.4, 0.5) is 4.39 Å². The van der Waals surface area contributed by atoms with Crippen molar-refractivity contribution < 1.29 is 9.18 Å². The van der Waals surface area contributed by atoms with Gasteiger partial charge in [0.1, 0.15) is 11.9 Å². The SMILES string of the molecule is O=C(c1cccc(F)c1)N1CCn2cccc2C1c1cccs1. The Morgan fingerprint density at radius 3 is 2.83 bits per heavy atom. The summed E-state index contributed by atoms with van der Waals surface area (Å²) < 4.78 is 15.7. The van der Waals surface area contributed by atoms with Crippen LogP contribution in [0.2, 0.25) is 0 Å². The molecule has 1 atom stereocenters. The second-order valence-electron chi connectivity index (χ2n) is 5.55. The van der Waals surface area contributed by atoms with Gasteiger partial charge in [0, 0.05) is 35.4 Å². The predicted molar refractivity (Wildman–Crippen MR) is 88.0 cm³/mol. The third-order valence-corrected chi connectivity index (χ3v) is 5.11. The van der Waals surface area contributed by atoms with Crippen molar-refractivity contribution in [2.45, 2.75) is 12.6 Å². The summed E-state index contributed by atoms with van der Waals surface area (Å²) in [5.74, 6) is -0.515. The zero-order valence-corrected chi connectivity index (χ0v) is 13.2. The van der Waals surface area contributed by atoms with Crippen LogP contribution in [0.25, 0.3) is 0 Å². The van der Waals surface area contributed by atoms with E-state index in [0.717, 1.165) is 17.1 Å². The Bertz CT molecular complexity index is 840. The largest absolute Gasteiger partial charge is 0.347 e. The molecule has 116 valence electrons. The maximum atomic E-state index is 13.5. The molecule has 3 heterocycles. The molecule has 1 amide bonds. The Morgan fingerprint density at radius 2 is 2.04 bits per heavy atom. The van der Waals surface area contributed by atoms with E-state index in [1.807, 2.05) is 34.7 Å². The lowest BCUT2D eigenvalue weighted by Gasteiger charge is -2.36. The van der Waals surface area contributed by atoms with Crippen LogP contribution < -0.4 is 0 Å². The molecule has 1 aliphatic rings. The summed E-state index contributed by atoms with van der Waals surface area (Å²) in [6.07, 6.45) is 2.04. The molecule has 0 saturated carbocycles. The van der Waals surface area contributed by atoms with E-state index in [4.69, 9.17) is 0 Å². The summed E-state index contributed by atoms with van der Waals surface area (Å²) in [6.45, 7) is 1.37. The van der Waals surface area contributed by atoms with Crippen molar-refractivity contribution >= 4 is 17.2 Å². The van der Waals surface area contributed by atoms with Gasteiger partial charge in [0.05, 0.1) is 0 Å². The third kappa shape index (κ3) is 2.47. The molecule has 1 unspecified atom stereocenters. The molecule has 2 aromatic heterocycles. The van der Waals surface area contributed by atoms with Gasteiger partial charge < -0.3 is 9.47 Å². The quantitative estimate of drug-likeness (QED) is 0.700. The van der Waals surface area contributed by atoms with E-state index in [-0.39, 0.29) is 17.8 Å². The minimum atomic E-state index is -0.385. The number of halogens is 1. The minimum absolute atomic E-state index is 0.116. The number of amides is 1. The lowest BCUT2D eigenvalue weighted by molar-refractivity contribution is 0.0666. The molecule has 0 spiro atoms. The topological polar surface area (TPSA) is 25.2 Å². The van der Waals surface area contributed by atoms with Crippen LogP contribution in [0.1, 0.15) is 27.0 Å². The Morgan fingerprint density at radius 1 is 1.13 bits per heavy atom. The van der Waals surface area contributed by atoms with Crippen molar-refractivity contribution in [2.75, 3.05) is 6.54 Å². The van der Waals surface area contributed by atoms with Crippen LogP contribution in [-0.4, -0.2) is 21.9 Å². The smallest absolute Gasteiger partial charge is 0.254 e. The number of carbonyl (C=O) groups is 1. The maximum absolute atomic E-state index is 13.5. The average molecular weight is 326 g/mol. The van der Waals surface area contributed by atoms with E-state index >= 15 is 0 Å². The fourth-order valence-electron chi connectivity index (χ4n) is 3.14. The molecule has 0 saturated heterocycles. The van der Waals surface area contributed by atoms with Gasteiger partial charge in [0.2, 0.25) is 0 Å². The molecule has 4 rings (SSSR count). The van der Waals surface area contributed by atoms with Crippen LogP contribution in [0.5, 0.6) is 0 Å². The highest BCUT2D eigenvalue weighted by Crippen LogP contribution is 2.35. The number of hydrogen-bond acceptors (Lipinski definition) is 2. The molecule has 0 aliphatic carbocycles. The van der Waals surface area contributed by atoms with Crippen LogP contribution in [-0.2, 0) is 6.54 Å². The first-order valence-electron chi connectivity index (χ1n) is 7.49. The number of benzene rings is 1. The molecule has 0 fully saturated rings. The van der Waals surface area contributed by atoms with E-state index in [9.17, 15) is 9.18 Å². The zero-order valence-electron chi connectivity index (χ0n) is 12.4. The Balaban J connectivity index is 1.77. The van der Waals surface area contributed by atoms with Crippen molar-refractivity contribution in [1.29, 1.82) is 0 Å². The first kappa shape index (κ1) is 14.2. The van der Waals surface area contributed by atoms with Crippen molar-refractivity contribution in [3.8, 4) is 0 Å². The number of rotatable bonds is 2. The van der Waals surface area contributed by atoms with Crippen LogP contribution in [0, 0.1) is 5.82 Å². The van der Waals surface area contributed by atoms with Gasteiger partial charge in [-0.05, 0) is 41.8 Å². The van der Waals surface area contributed by atoms with Crippen LogP contribution in [0.15, 0.2) is 60.1 Å². The van der Waals surface area contributed by atoms with Crippen LogP contribution in [0.3, 0.4) is 0 Å². The Labute approximate surface area is 137 Å². The van der Waals surface area contributed by atoms with E-state index in [1.54, 1.807) is 23.5 Å². The maximum Gasteiger partial charge on any atom is 0.254 e. The van der Waals surface area contributed by atoms with Gasteiger partial charge >= 0.3 is 0 Å². The summed E-state index contributed by atoms with van der Waals surface area (Å²) in [5, 5.41) is 2.02. The second kappa shape index (κ2) is 5.66. The van der Waals surface area contributed by atoms with Crippen molar-refractivity contribution in [3.63, 3.8) is 0 Å². The highest BCUT2D eigenvalue weighted by atomic mass is 32.1. The summed E-state index contributed by atoms with van der Waals surface area (Å²) in [4.78, 5) is 15.9. The van der Waals surface area contributed by atoms with E-state index in [2.05, 4.69) is 10.6 Å². The molecule has 1 aliphatic heterocycles. The monoisotopic (exact) mass is 326 g/mol. The van der Waals surface area contributed by atoms with Gasteiger partial charge in [0.25, 0.3) is 5.91 Å². The molecule has 3 nitrogen and oxygen atoms in total. The van der Waals surface area contributed by atoms with E-state index in [0.29, 0.717) is 12.1 Å². The minimum Gasteiger partial charge on any atom is -0.347 e. The van der Waals surface area contributed by atoms with Gasteiger partial charge in [-0.2, -0.15) is 0 Å². The highest BCUT2D eigenvalue weighted by Gasteiger charge is 2.33. The third-order valence-electron chi connectivity index (χ3n) is 4.18. The molecular formula is C18H15FN2OS. The molecule has 1 aromatic carbocycles. The van der Waals surface area contributed by atoms with Gasteiger partial charge in [0.15, 0.2) is 0 Å². The fourth-order valence-corrected chi connectivity index (χ4v) is 3.98. The number of fused-ring (bicyclic) bond motifs is 1. The Hall–Kier alpha value is -2.40. The second-order valence-corrected chi connectivity index (χ2v) is 6.53. The van der Waals surface area contributed by atoms with Crippen molar-refractivity contribution in [2.24, 2.45) is 0 Å². The number of thiophene rings is 1. The lowest BCUT2D eigenvalue weighted by Crippen LogP contribution is -2.42. The molecule has 0 radical (unpaired) electrons. The number of aromatic nitrogens is 1. The van der Waals surface area contributed by atoms with Gasteiger partial charge in [-0.15, -0.1) is 11.3 Å².